The minimum Gasteiger partial charge on any atom is -0.371 e. The standard InChI is InChI=1S/C16H21FN2O4S/c1-24(21,22)19-7-5-16(6-8-19)12-18(9-10-23-16)15(20)13-3-2-4-14(17)11-13/h2-4,11H,5-10,12H2,1H3. The van der Waals surface area contributed by atoms with Crippen molar-refractivity contribution >= 4 is 15.9 Å². The molecule has 2 aliphatic heterocycles. The number of ether oxygens (including phenoxy) is 1. The Labute approximate surface area is 141 Å². The molecule has 1 aromatic rings. The van der Waals surface area contributed by atoms with Crippen LogP contribution in [0.4, 0.5) is 4.39 Å². The third kappa shape index (κ3) is 3.60. The number of piperidine rings is 1. The minimum atomic E-state index is -3.20. The van der Waals surface area contributed by atoms with Gasteiger partial charge in [0.15, 0.2) is 0 Å². The van der Waals surface area contributed by atoms with Crippen molar-refractivity contribution in [2.75, 3.05) is 39.0 Å². The fraction of sp³-hybridized carbons (Fsp3) is 0.562. The Balaban J connectivity index is 1.70. The van der Waals surface area contributed by atoms with E-state index >= 15 is 0 Å². The van der Waals surface area contributed by atoms with E-state index in [1.165, 1.54) is 28.8 Å². The molecule has 1 aromatic carbocycles. The van der Waals surface area contributed by atoms with Gasteiger partial charge in [-0.25, -0.2) is 17.1 Å². The van der Waals surface area contributed by atoms with Gasteiger partial charge in [0.25, 0.3) is 5.91 Å². The normalized spacial score (nSPS) is 21.8. The molecule has 0 aromatic heterocycles. The SMILES string of the molecule is CS(=O)(=O)N1CCC2(CC1)CN(C(=O)c1cccc(F)c1)CCO2. The average molecular weight is 356 g/mol. The maximum Gasteiger partial charge on any atom is 0.254 e. The van der Waals surface area contributed by atoms with E-state index in [0.29, 0.717) is 51.2 Å². The third-order valence-corrected chi connectivity index (χ3v) is 6.01. The molecule has 0 aliphatic carbocycles. The first kappa shape index (κ1) is 17.3. The molecule has 3 rings (SSSR count). The van der Waals surface area contributed by atoms with Gasteiger partial charge < -0.3 is 9.64 Å². The first-order valence-corrected chi connectivity index (χ1v) is 9.78. The van der Waals surface area contributed by atoms with E-state index in [4.69, 9.17) is 4.74 Å². The molecule has 2 saturated heterocycles. The van der Waals surface area contributed by atoms with Crippen LogP contribution in [0.15, 0.2) is 24.3 Å². The Hall–Kier alpha value is -1.51. The summed E-state index contributed by atoms with van der Waals surface area (Å²) in [5.74, 6) is -0.659. The van der Waals surface area contributed by atoms with Gasteiger partial charge in [0.2, 0.25) is 10.0 Å². The summed E-state index contributed by atoms with van der Waals surface area (Å²) in [4.78, 5) is 14.3. The first-order chi connectivity index (χ1) is 11.3. The maximum absolute atomic E-state index is 13.3. The van der Waals surface area contributed by atoms with Crippen LogP contribution in [0.3, 0.4) is 0 Å². The molecular weight excluding hydrogens is 335 g/mol. The number of sulfonamides is 1. The predicted molar refractivity (Wildman–Crippen MR) is 86.6 cm³/mol. The number of benzene rings is 1. The molecule has 0 N–H and O–H groups in total. The molecule has 24 heavy (non-hydrogen) atoms. The van der Waals surface area contributed by atoms with Gasteiger partial charge in [-0.3, -0.25) is 4.79 Å². The number of hydrogen-bond donors (Lipinski definition) is 0. The van der Waals surface area contributed by atoms with Crippen molar-refractivity contribution in [3.63, 3.8) is 0 Å². The molecule has 2 aliphatic rings. The van der Waals surface area contributed by atoms with E-state index in [-0.39, 0.29) is 5.91 Å². The topological polar surface area (TPSA) is 66.9 Å². The summed E-state index contributed by atoms with van der Waals surface area (Å²) in [5, 5.41) is 0. The summed E-state index contributed by atoms with van der Waals surface area (Å²) in [6, 6.07) is 5.65. The highest BCUT2D eigenvalue weighted by atomic mass is 32.2. The van der Waals surface area contributed by atoms with Gasteiger partial charge in [0.1, 0.15) is 5.82 Å². The highest BCUT2D eigenvalue weighted by molar-refractivity contribution is 7.88. The third-order valence-electron chi connectivity index (χ3n) is 4.71. The summed E-state index contributed by atoms with van der Waals surface area (Å²) in [7, 11) is -3.20. The summed E-state index contributed by atoms with van der Waals surface area (Å²) in [5.41, 5.74) is -0.191. The van der Waals surface area contributed by atoms with Crippen molar-refractivity contribution in [2.45, 2.75) is 18.4 Å². The second-order valence-corrected chi connectivity index (χ2v) is 8.41. The quantitative estimate of drug-likeness (QED) is 0.796. The Morgan fingerprint density at radius 3 is 2.58 bits per heavy atom. The van der Waals surface area contributed by atoms with E-state index < -0.39 is 21.4 Å². The lowest BCUT2D eigenvalue weighted by molar-refractivity contribution is -0.120. The zero-order valence-electron chi connectivity index (χ0n) is 13.6. The number of amides is 1. The van der Waals surface area contributed by atoms with Gasteiger partial charge in [0, 0.05) is 25.2 Å². The lowest BCUT2D eigenvalue weighted by Gasteiger charge is -2.46. The van der Waals surface area contributed by atoms with Crippen molar-refractivity contribution in [3.8, 4) is 0 Å². The van der Waals surface area contributed by atoms with Crippen molar-refractivity contribution in [3.05, 3.63) is 35.6 Å². The van der Waals surface area contributed by atoms with Gasteiger partial charge >= 0.3 is 0 Å². The highest BCUT2D eigenvalue weighted by Crippen LogP contribution is 2.31. The molecule has 2 heterocycles. The lowest BCUT2D eigenvalue weighted by Crippen LogP contribution is -2.58. The Morgan fingerprint density at radius 2 is 1.96 bits per heavy atom. The van der Waals surface area contributed by atoms with Crippen molar-refractivity contribution in [2.24, 2.45) is 0 Å². The Kier molecular flexibility index (Phi) is 4.63. The molecule has 0 radical (unpaired) electrons. The number of carbonyl (C=O) groups is 1. The molecule has 0 bridgehead atoms. The summed E-state index contributed by atoms with van der Waals surface area (Å²) in [6.45, 7) is 2.04. The minimum absolute atomic E-state index is 0.220. The highest BCUT2D eigenvalue weighted by Gasteiger charge is 2.42. The number of halogens is 1. The van der Waals surface area contributed by atoms with Gasteiger partial charge in [-0.05, 0) is 31.0 Å². The molecule has 6 nitrogen and oxygen atoms in total. The predicted octanol–water partition coefficient (Wildman–Crippen LogP) is 1.09. The van der Waals surface area contributed by atoms with E-state index in [1.54, 1.807) is 11.0 Å². The Bertz CT molecular complexity index is 729. The number of rotatable bonds is 2. The molecule has 0 saturated carbocycles. The number of morpholine rings is 1. The fourth-order valence-electron chi connectivity index (χ4n) is 3.35. The maximum atomic E-state index is 13.3. The number of nitrogens with zero attached hydrogens (tertiary/aromatic N) is 2. The van der Waals surface area contributed by atoms with Crippen molar-refractivity contribution < 1.29 is 22.3 Å². The van der Waals surface area contributed by atoms with E-state index in [2.05, 4.69) is 0 Å². The summed E-state index contributed by atoms with van der Waals surface area (Å²) in [6.07, 6.45) is 2.30. The molecule has 1 amide bonds. The summed E-state index contributed by atoms with van der Waals surface area (Å²) < 4.78 is 44.0. The number of carbonyl (C=O) groups excluding carboxylic acids is 1. The molecule has 132 valence electrons. The van der Waals surface area contributed by atoms with Crippen molar-refractivity contribution in [1.82, 2.24) is 9.21 Å². The molecule has 2 fully saturated rings. The molecule has 8 heteroatoms. The second-order valence-electron chi connectivity index (χ2n) is 6.43. The van der Waals surface area contributed by atoms with Crippen LogP contribution in [0, 0.1) is 5.82 Å². The smallest absolute Gasteiger partial charge is 0.254 e. The fourth-order valence-corrected chi connectivity index (χ4v) is 4.20. The van der Waals surface area contributed by atoms with Crippen LogP contribution >= 0.6 is 0 Å². The van der Waals surface area contributed by atoms with Crippen LogP contribution in [0.25, 0.3) is 0 Å². The molecule has 0 unspecified atom stereocenters. The first-order valence-electron chi connectivity index (χ1n) is 7.93. The van der Waals surface area contributed by atoms with Crippen LogP contribution in [-0.4, -0.2) is 68.2 Å². The van der Waals surface area contributed by atoms with Gasteiger partial charge in [-0.1, -0.05) is 6.07 Å². The lowest BCUT2D eigenvalue weighted by atomic mass is 9.90. The largest absolute Gasteiger partial charge is 0.371 e. The molecule has 1 spiro atoms. The van der Waals surface area contributed by atoms with Crippen LogP contribution in [0.2, 0.25) is 0 Å². The molecule has 0 atom stereocenters. The van der Waals surface area contributed by atoms with Crippen molar-refractivity contribution in [1.29, 1.82) is 0 Å². The zero-order valence-corrected chi connectivity index (χ0v) is 14.4. The summed E-state index contributed by atoms with van der Waals surface area (Å²) >= 11 is 0. The van der Waals surface area contributed by atoms with Crippen LogP contribution in [-0.2, 0) is 14.8 Å². The van der Waals surface area contributed by atoms with Gasteiger partial charge in [-0.2, -0.15) is 0 Å². The van der Waals surface area contributed by atoms with E-state index in [1.807, 2.05) is 0 Å². The van der Waals surface area contributed by atoms with E-state index in [9.17, 15) is 17.6 Å². The van der Waals surface area contributed by atoms with E-state index in [0.717, 1.165) is 0 Å². The average Bonchev–Trinajstić information content (AvgIpc) is 2.54. The zero-order chi connectivity index (χ0) is 17.4. The van der Waals surface area contributed by atoms with Gasteiger partial charge in [0.05, 0.1) is 25.0 Å². The monoisotopic (exact) mass is 356 g/mol. The van der Waals surface area contributed by atoms with Crippen LogP contribution < -0.4 is 0 Å². The Morgan fingerprint density at radius 1 is 1.25 bits per heavy atom. The van der Waals surface area contributed by atoms with Crippen LogP contribution in [0.5, 0.6) is 0 Å². The second kappa shape index (κ2) is 6.42. The van der Waals surface area contributed by atoms with Gasteiger partial charge in [-0.15, -0.1) is 0 Å². The molecular formula is C16H21FN2O4S. The number of hydrogen-bond acceptors (Lipinski definition) is 4. The van der Waals surface area contributed by atoms with Crippen LogP contribution in [0.1, 0.15) is 23.2 Å².